The molecule has 0 aromatic heterocycles. The molecule has 1 atom stereocenters. The lowest BCUT2D eigenvalue weighted by atomic mass is 9.97. The molecule has 4 rings (SSSR count). The van der Waals surface area contributed by atoms with Crippen LogP contribution in [0.5, 0.6) is 0 Å². The monoisotopic (exact) mass is 321 g/mol. The lowest BCUT2D eigenvalue weighted by molar-refractivity contribution is 0.187. The predicted molar refractivity (Wildman–Crippen MR) is 96.2 cm³/mol. The van der Waals surface area contributed by atoms with Gasteiger partial charge in [-0.1, -0.05) is 42.5 Å². The first kappa shape index (κ1) is 15.2. The first-order valence-electron chi connectivity index (χ1n) is 8.68. The van der Waals surface area contributed by atoms with Crippen LogP contribution < -0.4 is 10.2 Å². The van der Waals surface area contributed by atoms with E-state index in [-0.39, 0.29) is 12.2 Å². The van der Waals surface area contributed by atoms with Gasteiger partial charge in [-0.25, -0.2) is 4.79 Å². The molecule has 0 saturated carbocycles. The second kappa shape index (κ2) is 6.29. The first-order valence-corrected chi connectivity index (χ1v) is 8.68. The molecule has 1 unspecified atom stereocenters. The predicted octanol–water partition coefficient (Wildman–Crippen LogP) is 3.34. The van der Waals surface area contributed by atoms with Gasteiger partial charge in [0.05, 0.1) is 0 Å². The molecule has 124 valence electrons. The maximum absolute atomic E-state index is 13.0. The topological polar surface area (TPSA) is 35.6 Å². The van der Waals surface area contributed by atoms with Gasteiger partial charge < -0.3 is 5.32 Å². The van der Waals surface area contributed by atoms with Crippen LogP contribution >= 0.6 is 0 Å². The molecule has 4 nitrogen and oxygen atoms in total. The number of nitrogens with one attached hydrogen (secondary N) is 1. The Hall–Kier alpha value is -2.33. The largest absolute Gasteiger partial charge is 0.323 e. The summed E-state index contributed by atoms with van der Waals surface area (Å²) in [6.07, 6.45) is 3.04. The van der Waals surface area contributed by atoms with E-state index in [2.05, 4.69) is 41.5 Å². The molecular weight excluding hydrogens is 298 g/mol. The third kappa shape index (κ3) is 2.67. The second-order valence-corrected chi connectivity index (χ2v) is 6.67. The normalized spacial score (nSPS) is 20.2. The molecule has 4 heteroatoms. The number of hydrogen-bond donors (Lipinski definition) is 1. The van der Waals surface area contributed by atoms with Crippen molar-refractivity contribution < 1.29 is 4.79 Å². The smallest absolute Gasteiger partial charge is 0.318 e. The van der Waals surface area contributed by atoms with Crippen molar-refractivity contribution in [2.45, 2.75) is 25.4 Å². The molecule has 0 radical (unpaired) electrons. The van der Waals surface area contributed by atoms with Crippen LogP contribution in [0.15, 0.2) is 48.5 Å². The SMILES string of the molecule is CN1CCc2ccccc2C1NC(=O)N1CCCc2ccccc21. The van der Waals surface area contributed by atoms with Crippen LogP contribution in [0.4, 0.5) is 10.5 Å². The first-order chi connectivity index (χ1) is 11.7. The van der Waals surface area contributed by atoms with Gasteiger partial charge >= 0.3 is 6.03 Å². The van der Waals surface area contributed by atoms with Crippen LogP contribution in [0.1, 0.15) is 29.3 Å². The summed E-state index contributed by atoms with van der Waals surface area (Å²) in [7, 11) is 2.07. The van der Waals surface area contributed by atoms with E-state index in [4.69, 9.17) is 0 Å². The standard InChI is InChI=1S/C20H23N3O/c1-22-14-12-15-7-2-4-10-17(15)19(22)21-20(24)23-13-6-9-16-8-3-5-11-18(16)23/h2-5,7-8,10-11,19H,6,9,12-14H2,1H3,(H,21,24). The van der Waals surface area contributed by atoms with Crippen molar-refractivity contribution in [2.75, 3.05) is 25.0 Å². The van der Waals surface area contributed by atoms with Crippen molar-refractivity contribution in [3.05, 3.63) is 65.2 Å². The molecule has 24 heavy (non-hydrogen) atoms. The number of hydrogen-bond acceptors (Lipinski definition) is 2. The van der Waals surface area contributed by atoms with Gasteiger partial charge in [0, 0.05) is 18.8 Å². The Balaban J connectivity index is 1.59. The van der Waals surface area contributed by atoms with Crippen molar-refractivity contribution in [2.24, 2.45) is 0 Å². The number of carbonyl (C=O) groups excluding carboxylic acids is 1. The van der Waals surface area contributed by atoms with Crippen LogP contribution in [0.3, 0.4) is 0 Å². The summed E-state index contributed by atoms with van der Waals surface area (Å²) in [6.45, 7) is 1.74. The van der Waals surface area contributed by atoms with Gasteiger partial charge in [-0.15, -0.1) is 0 Å². The Bertz CT molecular complexity index is 758. The summed E-state index contributed by atoms with van der Waals surface area (Å²) in [5.41, 5.74) is 4.86. The summed E-state index contributed by atoms with van der Waals surface area (Å²) in [6, 6.07) is 16.6. The average Bonchev–Trinajstić information content (AvgIpc) is 2.63. The zero-order valence-corrected chi connectivity index (χ0v) is 14.0. The lowest BCUT2D eigenvalue weighted by Gasteiger charge is -2.37. The molecule has 2 amide bonds. The molecule has 2 aliphatic rings. The van der Waals surface area contributed by atoms with Gasteiger partial charge in [-0.05, 0) is 49.1 Å². The molecule has 2 aromatic rings. The van der Waals surface area contributed by atoms with E-state index < -0.39 is 0 Å². The van der Waals surface area contributed by atoms with Crippen LogP contribution in [0.2, 0.25) is 0 Å². The fourth-order valence-corrected chi connectivity index (χ4v) is 3.82. The minimum atomic E-state index is -0.0588. The highest BCUT2D eigenvalue weighted by atomic mass is 16.2. The van der Waals surface area contributed by atoms with Crippen LogP contribution in [-0.4, -0.2) is 31.1 Å². The molecule has 0 aliphatic carbocycles. The van der Waals surface area contributed by atoms with Crippen LogP contribution in [0.25, 0.3) is 0 Å². The Kier molecular flexibility index (Phi) is 3.98. The number of aryl methyl sites for hydroxylation is 1. The molecular formula is C20H23N3O. The fraction of sp³-hybridized carbons (Fsp3) is 0.350. The van der Waals surface area contributed by atoms with Gasteiger partial charge in [0.15, 0.2) is 0 Å². The summed E-state index contributed by atoms with van der Waals surface area (Å²) >= 11 is 0. The van der Waals surface area contributed by atoms with Crippen molar-refractivity contribution in [1.29, 1.82) is 0 Å². The lowest BCUT2D eigenvalue weighted by Crippen LogP contribution is -2.49. The van der Waals surface area contributed by atoms with Gasteiger partial charge in [0.2, 0.25) is 0 Å². The molecule has 2 heterocycles. The number of fused-ring (bicyclic) bond motifs is 2. The molecule has 2 aliphatic heterocycles. The molecule has 0 spiro atoms. The highest BCUT2D eigenvalue weighted by molar-refractivity contribution is 5.93. The van der Waals surface area contributed by atoms with E-state index >= 15 is 0 Å². The van der Waals surface area contributed by atoms with Gasteiger partial charge in [-0.3, -0.25) is 9.80 Å². The van der Waals surface area contributed by atoms with Crippen molar-refractivity contribution >= 4 is 11.7 Å². The maximum Gasteiger partial charge on any atom is 0.323 e. The number of rotatable bonds is 1. The number of urea groups is 1. The van der Waals surface area contributed by atoms with Gasteiger partial charge in [-0.2, -0.15) is 0 Å². The van der Waals surface area contributed by atoms with Gasteiger partial charge in [0.1, 0.15) is 6.17 Å². The molecule has 1 N–H and O–H groups in total. The number of para-hydroxylation sites is 1. The third-order valence-electron chi connectivity index (χ3n) is 5.14. The minimum absolute atomic E-state index is 0.00398. The Morgan fingerprint density at radius 3 is 2.62 bits per heavy atom. The van der Waals surface area contributed by atoms with Crippen molar-refractivity contribution in [3.8, 4) is 0 Å². The Morgan fingerprint density at radius 1 is 1.00 bits per heavy atom. The number of anilines is 1. The third-order valence-corrected chi connectivity index (χ3v) is 5.14. The number of carbonyl (C=O) groups is 1. The zero-order valence-electron chi connectivity index (χ0n) is 14.0. The van der Waals surface area contributed by atoms with Crippen LogP contribution in [0, 0.1) is 0 Å². The fourth-order valence-electron chi connectivity index (χ4n) is 3.82. The molecule has 0 fully saturated rings. The van der Waals surface area contributed by atoms with Gasteiger partial charge in [0.25, 0.3) is 0 Å². The van der Waals surface area contributed by atoms with Crippen LogP contribution in [-0.2, 0) is 12.8 Å². The zero-order chi connectivity index (χ0) is 16.5. The van der Waals surface area contributed by atoms with Crippen molar-refractivity contribution in [3.63, 3.8) is 0 Å². The van der Waals surface area contributed by atoms with E-state index in [1.165, 1.54) is 16.7 Å². The summed E-state index contributed by atoms with van der Waals surface area (Å²) < 4.78 is 0. The number of likely N-dealkylation sites (N-methyl/N-ethyl adjacent to an activating group) is 1. The summed E-state index contributed by atoms with van der Waals surface area (Å²) in [5, 5.41) is 3.25. The number of nitrogens with zero attached hydrogens (tertiary/aromatic N) is 2. The second-order valence-electron chi connectivity index (χ2n) is 6.67. The maximum atomic E-state index is 13.0. The summed E-state index contributed by atoms with van der Waals surface area (Å²) in [4.78, 5) is 17.1. The highest BCUT2D eigenvalue weighted by Gasteiger charge is 2.29. The average molecular weight is 321 g/mol. The van der Waals surface area contributed by atoms with E-state index in [0.717, 1.165) is 38.0 Å². The quantitative estimate of drug-likeness (QED) is 0.874. The van der Waals surface area contributed by atoms with E-state index in [0.29, 0.717) is 0 Å². The van der Waals surface area contributed by atoms with E-state index in [9.17, 15) is 4.79 Å². The number of benzene rings is 2. The number of amides is 2. The summed E-state index contributed by atoms with van der Waals surface area (Å²) in [5.74, 6) is 0. The molecule has 0 bridgehead atoms. The minimum Gasteiger partial charge on any atom is -0.318 e. The Labute approximate surface area is 143 Å². The van der Waals surface area contributed by atoms with E-state index in [1.807, 2.05) is 29.2 Å². The Morgan fingerprint density at radius 2 is 1.75 bits per heavy atom. The van der Waals surface area contributed by atoms with E-state index in [1.54, 1.807) is 0 Å². The highest BCUT2D eigenvalue weighted by Crippen LogP contribution is 2.29. The molecule has 2 aromatic carbocycles. The van der Waals surface area contributed by atoms with Crippen molar-refractivity contribution in [1.82, 2.24) is 10.2 Å². The molecule has 0 saturated heterocycles.